The van der Waals surface area contributed by atoms with Crippen molar-refractivity contribution < 1.29 is 67.0 Å². The first-order valence-electron chi connectivity index (χ1n) is 16.9. The molecular weight excluding hydrogens is 622 g/mol. The first kappa shape index (κ1) is 46.0. The van der Waals surface area contributed by atoms with Gasteiger partial charge in [-0.1, -0.05) is 27.7 Å². The van der Waals surface area contributed by atoms with Crippen molar-refractivity contribution in [1.82, 2.24) is 5.32 Å². The standard InChI is InChI=1S/C32H65NO14/c1-29(2)31(30(3)4)27-33-32(34)28-46-24-23-44-20-19-42-16-15-40-12-11-38-8-7-36-5-6-37-9-10-39-13-14-41-17-18-43-21-22-45-25-26-47-35/h29-31,35H,5-28H2,1-4H3,(H,33,34). The number of ether oxygens (including phenoxy) is 11. The van der Waals surface area contributed by atoms with E-state index in [2.05, 4.69) is 37.9 Å². The fourth-order valence-corrected chi connectivity index (χ4v) is 3.98. The van der Waals surface area contributed by atoms with Crippen molar-refractivity contribution >= 4 is 5.91 Å². The molecule has 282 valence electrons. The molecule has 0 fully saturated rings. The molecule has 0 radical (unpaired) electrons. The van der Waals surface area contributed by atoms with Crippen molar-refractivity contribution in [3.05, 3.63) is 0 Å². The molecule has 0 aliphatic heterocycles. The van der Waals surface area contributed by atoms with Gasteiger partial charge in [-0.05, 0) is 17.8 Å². The molecule has 47 heavy (non-hydrogen) atoms. The van der Waals surface area contributed by atoms with Gasteiger partial charge in [-0.15, -0.1) is 0 Å². The molecule has 1 amide bonds. The van der Waals surface area contributed by atoms with Crippen molar-refractivity contribution in [3.8, 4) is 0 Å². The fraction of sp³-hybridized carbons (Fsp3) is 0.969. The topological polar surface area (TPSA) is 160 Å². The maximum Gasteiger partial charge on any atom is 0.246 e. The molecule has 0 spiro atoms. The maximum absolute atomic E-state index is 11.9. The van der Waals surface area contributed by atoms with Gasteiger partial charge in [0.05, 0.1) is 139 Å². The van der Waals surface area contributed by atoms with Gasteiger partial charge in [0.25, 0.3) is 0 Å². The number of hydrogen-bond donors (Lipinski definition) is 2. The lowest BCUT2D eigenvalue weighted by atomic mass is 9.85. The molecule has 0 saturated carbocycles. The summed E-state index contributed by atoms with van der Waals surface area (Å²) in [6.07, 6.45) is 0. The average Bonchev–Trinajstić information content (AvgIpc) is 3.04. The Labute approximate surface area is 282 Å². The van der Waals surface area contributed by atoms with E-state index in [4.69, 9.17) is 57.4 Å². The Bertz CT molecular complexity index is 625. The molecule has 0 heterocycles. The highest BCUT2D eigenvalue weighted by Crippen LogP contribution is 2.19. The SMILES string of the molecule is CC(C)C(CNC(=O)COCCOCCOCCOCCOCCOCCOCCOCCOCCOCCOCCOO)C(C)C. The van der Waals surface area contributed by atoms with Gasteiger partial charge in [0.2, 0.25) is 5.91 Å². The minimum absolute atomic E-state index is 0.0451. The Morgan fingerprint density at radius 1 is 0.426 bits per heavy atom. The summed E-state index contributed by atoms with van der Waals surface area (Å²) in [7, 11) is 0. The highest BCUT2D eigenvalue weighted by atomic mass is 17.1. The predicted octanol–water partition coefficient (Wildman–Crippen LogP) is 1.70. The minimum Gasteiger partial charge on any atom is -0.377 e. The summed E-state index contributed by atoms with van der Waals surface area (Å²) in [5.74, 6) is 1.41. The minimum atomic E-state index is -0.0940. The van der Waals surface area contributed by atoms with E-state index in [1.807, 2.05) is 0 Å². The van der Waals surface area contributed by atoms with E-state index in [9.17, 15) is 4.79 Å². The summed E-state index contributed by atoms with van der Waals surface area (Å²) in [5.41, 5.74) is 0. The van der Waals surface area contributed by atoms with Crippen LogP contribution >= 0.6 is 0 Å². The van der Waals surface area contributed by atoms with Crippen molar-refractivity contribution in [3.63, 3.8) is 0 Å². The van der Waals surface area contributed by atoms with Gasteiger partial charge >= 0.3 is 0 Å². The zero-order valence-corrected chi connectivity index (χ0v) is 29.5. The normalized spacial score (nSPS) is 11.8. The summed E-state index contributed by atoms with van der Waals surface area (Å²) in [4.78, 5) is 15.8. The van der Waals surface area contributed by atoms with E-state index in [1.165, 1.54) is 0 Å². The highest BCUT2D eigenvalue weighted by Gasteiger charge is 2.18. The van der Waals surface area contributed by atoms with Crippen LogP contribution in [0.15, 0.2) is 0 Å². The van der Waals surface area contributed by atoms with E-state index in [0.29, 0.717) is 163 Å². The smallest absolute Gasteiger partial charge is 0.246 e. The zero-order chi connectivity index (χ0) is 34.5. The van der Waals surface area contributed by atoms with Crippen LogP contribution in [-0.2, 0) is 61.8 Å². The first-order valence-corrected chi connectivity index (χ1v) is 16.9. The Morgan fingerprint density at radius 2 is 0.660 bits per heavy atom. The van der Waals surface area contributed by atoms with Crippen LogP contribution in [0.1, 0.15) is 27.7 Å². The molecule has 0 aromatic carbocycles. The van der Waals surface area contributed by atoms with Gasteiger partial charge in [-0.25, -0.2) is 4.89 Å². The van der Waals surface area contributed by atoms with Crippen LogP contribution in [0, 0.1) is 17.8 Å². The van der Waals surface area contributed by atoms with Crippen LogP contribution in [0.5, 0.6) is 0 Å². The average molecular weight is 688 g/mol. The van der Waals surface area contributed by atoms with Crippen molar-refractivity contribution in [2.75, 3.05) is 159 Å². The number of carbonyl (C=O) groups excluding carboxylic acids is 1. The van der Waals surface area contributed by atoms with Gasteiger partial charge in [0, 0.05) is 6.54 Å². The molecule has 2 N–H and O–H groups in total. The first-order chi connectivity index (χ1) is 23.0. The van der Waals surface area contributed by atoms with Gasteiger partial charge in [0.1, 0.15) is 13.2 Å². The van der Waals surface area contributed by atoms with Crippen LogP contribution in [0.4, 0.5) is 0 Å². The zero-order valence-electron chi connectivity index (χ0n) is 29.5. The van der Waals surface area contributed by atoms with E-state index in [1.54, 1.807) is 0 Å². The number of rotatable bonds is 39. The molecule has 0 aromatic rings. The molecule has 0 aromatic heterocycles. The summed E-state index contributed by atoms with van der Waals surface area (Å²) >= 11 is 0. The third-order valence-electron chi connectivity index (χ3n) is 6.52. The lowest BCUT2D eigenvalue weighted by Gasteiger charge is -2.25. The van der Waals surface area contributed by atoms with Gasteiger partial charge < -0.3 is 57.4 Å². The largest absolute Gasteiger partial charge is 0.377 e. The Kier molecular flexibility index (Phi) is 36.9. The monoisotopic (exact) mass is 687 g/mol. The summed E-state index contributed by atoms with van der Waals surface area (Å²) in [6.45, 7) is 19.4. The Hall–Kier alpha value is -1.05. The molecule has 0 rings (SSSR count). The quantitative estimate of drug-likeness (QED) is 0.0546. The number of nitrogens with one attached hydrogen (secondary N) is 1. The van der Waals surface area contributed by atoms with Crippen molar-refractivity contribution in [1.29, 1.82) is 0 Å². The van der Waals surface area contributed by atoms with Gasteiger partial charge in [-0.3, -0.25) is 10.1 Å². The molecule has 0 unspecified atom stereocenters. The van der Waals surface area contributed by atoms with Gasteiger partial charge in [0.15, 0.2) is 0 Å². The molecule has 0 atom stereocenters. The van der Waals surface area contributed by atoms with Crippen LogP contribution < -0.4 is 5.32 Å². The fourth-order valence-electron chi connectivity index (χ4n) is 3.98. The molecule has 0 aliphatic rings. The molecular formula is C32H65NO14. The molecule has 15 nitrogen and oxygen atoms in total. The van der Waals surface area contributed by atoms with Crippen LogP contribution in [0.3, 0.4) is 0 Å². The van der Waals surface area contributed by atoms with Crippen molar-refractivity contribution in [2.24, 2.45) is 17.8 Å². The van der Waals surface area contributed by atoms with Crippen LogP contribution in [0.2, 0.25) is 0 Å². The summed E-state index contributed by atoms with van der Waals surface area (Å²) in [6, 6.07) is 0. The number of amides is 1. The lowest BCUT2D eigenvalue weighted by Crippen LogP contribution is -2.36. The summed E-state index contributed by atoms with van der Waals surface area (Å²) in [5, 5.41) is 11.1. The Morgan fingerprint density at radius 3 is 0.894 bits per heavy atom. The predicted molar refractivity (Wildman–Crippen MR) is 174 cm³/mol. The lowest BCUT2D eigenvalue weighted by molar-refractivity contribution is -0.249. The second-order valence-electron chi connectivity index (χ2n) is 11.0. The van der Waals surface area contributed by atoms with E-state index < -0.39 is 0 Å². The van der Waals surface area contributed by atoms with E-state index in [0.717, 1.165) is 0 Å². The van der Waals surface area contributed by atoms with E-state index in [-0.39, 0.29) is 19.1 Å². The molecule has 0 saturated heterocycles. The highest BCUT2D eigenvalue weighted by molar-refractivity contribution is 5.77. The van der Waals surface area contributed by atoms with Crippen molar-refractivity contribution in [2.45, 2.75) is 27.7 Å². The molecule has 0 bridgehead atoms. The molecule has 15 heteroatoms. The maximum atomic E-state index is 11.9. The third-order valence-corrected chi connectivity index (χ3v) is 6.52. The molecule has 0 aliphatic carbocycles. The van der Waals surface area contributed by atoms with E-state index >= 15 is 0 Å². The number of hydrogen-bond acceptors (Lipinski definition) is 14. The third kappa shape index (κ3) is 36.1. The van der Waals surface area contributed by atoms with Crippen LogP contribution in [-0.4, -0.2) is 170 Å². The second-order valence-corrected chi connectivity index (χ2v) is 11.0. The van der Waals surface area contributed by atoms with Crippen LogP contribution in [0.25, 0.3) is 0 Å². The van der Waals surface area contributed by atoms with Gasteiger partial charge in [-0.2, -0.15) is 0 Å². The number of carbonyl (C=O) groups is 1. The Balaban J connectivity index is 3.17. The summed E-state index contributed by atoms with van der Waals surface area (Å²) < 4.78 is 59.5. The second kappa shape index (κ2) is 37.8.